The summed E-state index contributed by atoms with van der Waals surface area (Å²) in [5.41, 5.74) is 0.855. The number of hydrogen-bond acceptors (Lipinski definition) is 5. The molecule has 5 nitrogen and oxygen atoms in total. The molecule has 1 atom stereocenters. The fourth-order valence-corrected chi connectivity index (χ4v) is 1.50. The number of rotatable bonds is 5. The molecular weight excluding hydrogens is 231 g/mol. The molecule has 1 aromatic carbocycles. The van der Waals surface area contributed by atoms with Gasteiger partial charge in [-0.15, -0.1) is 0 Å². The molecule has 6 heteroatoms. The molecular formula is C10H13O5P. The number of benzene rings is 1. The molecule has 0 N–H and O–H groups in total. The Morgan fingerprint density at radius 3 is 2.62 bits per heavy atom. The summed E-state index contributed by atoms with van der Waals surface area (Å²) >= 11 is 0. The highest BCUT2D eigenvalue weighted by Gasteiger charge is 2.08. The fourth-order valence-electron chi connectivity index (χ4n) is 0.961. The lowest BCUT2D eigenvalue weighted by atomic mass is 10.2. The SMILES string of the molecule is CCOC(=O)O[PH](=O)OCc1ccccc1. The average molecular weight is 244 g/mol. The lowest BCUT2D eigenvalue weighted by molar-refractivity contribution is 0.0984. The van der Waals surface area contributed by atoms with Gasteiger partial charge in [0.15, 0.2) is 0 Å². The Kier molecular flexibility index (Phi) is 5.61. The van der Waals surface area contributed by atoms with Crippen molar-refractivity contribution in [2.75, 3.05) is 6.61 Å². The molecule has 0 heterocycles. The summed E-state index contributed by atoms with van der Waals surface area (Å²) in [4.78, 5) is 10.8. The molecule has 1 rings (SSSR count). The number of hydrogen-bond donors (Lipinski definition) is 0. The molecule has 0 aromatic heterocycles. The van der Waals surface area contributed by atoms with E-state index < -0.39 is 14.4 Å². The van der Waals surface area contributed by atoms with Gasteiger partial charge in [0.05, 0.1) is 13.2 Å². The molecule has 1 unspecified atom stereocenters. The second kappa shape index (κ2) is 7.04. The van der Waals surface area contributed by atoms with Crippen LogP contribution in [0, 0.1) is 0 Å². The summed E-state index contributed by atoms with van der Waals surface area (Å²) in [6, 6.07) is 9.17. The summed E-state index contributed by atoms with van der Waals surface area (Å²) in [5.74, 6) is 0. The standard InChI is InChI=1S/C10H13O5P/c1-2-13-10(11)15-16(12)14-8-9-6-4-3-5-7-9/h3-7,16H,2,8H2,1H3. The largest absolute Gasteiger partial charge is 0.514 e. The molecule has 0 saturated heterocycles. The predicted molar refractivity (Wildman–Crippen MR) is 58.3 cm³/mol. The maximum absolute atomic E-state index is 11.1. The monoisotopic (exact) mass is 244 g/mol. The zero-order chi connectivity index (χ0) is 11.8. The molecule has 0 fully saturated rings. The lowest BCUT2D eigenvalue weighted by Crippen LogP contribution is -2.02. The van der Waals surface area contributed by atoms with Crippen molar-refractivity contribution in [1.82, 2.24) is 0 Å². The highest BCUT2D eigenvalue weighted by molar-refractivity contribution is 7.33. The Morgan fingerprint density at radius 1 is 1.31 bits per heavy atom. The van der Waals surface area contributed by atoms with Gasteiger partial charge in [0, 0.05) is 0 Å². The molecule has 0 amide bonds. The van der Waals surface area contributed by atoms with E-state index in [9.17, 15) is 9.36 Å². The Balaban J connectivity index is 2.28. The van der Waals surface area contributed by atoms with Gasteiger partial charge in [-0.2, -0.15) is 0 Å². The third-order valence-corrected chi connectivity index (χ3v) is 2.34. The number of carbonyl (C=O) groups is 1. The molecule has 0 saturated carbocycles. The van der Waals surface area contributed by atoms with Gasteiger partial charge in [0.25, 0.3) is 0 Å². The van der Waals surface area contributed by atoms with Crippen molar-refractivity contribution >= 4 is 14.4 Å². The van der Waals surface area contributed by atoms with Crippen LogP contribution in [0.2, 0.25) is 0 Å². The van der Waals surface area contributed by atoms with E-state index in [1.165, 1.54) is 0 Å². The van der Waals surface area contributed by atoms with E-state index in [0.717, 1.165) is 5.56 Å². The van der Waals surface area contributed by atoms with Gasteiger partial charge in [-0.3, -0.25) is 4.52 Å². The first-order valence-corrected chi connectivity index (χ1v) is 6.00. The van der Waals surface area contributed by atoms with Crippen LogP contribution in [0.1, 0.15) is 12.5 Å². The van der Waals surface area contributed by atoms with E-state index >= 15 is 0 Å². The summed E-state index contributed by atoms with van der Waals surface area (Å²) in [7, 11) is -2.83. The van der Waals surface area contributed by atoms with Crippen LogP contribution in [0.3, 0.4) is 0 Å². The normalized spacial score (nSPS) is 11.8. The fraction of sp³-hybridized carbons (Fsp3) is 0.300. The smallest absolute Gasteiger partial charge is 0.434 e. The van der Waals surface area contributed by atoms with Crippen LogP contribution in [0.4, 0.5) is 4.79 Å². The van der Waals surface area contributed by atoms with Crippen molar-refractivity contribution < 1.29 is 23.1 Å². The van der Waals surface area contributed by atoms with E-state index in [1.54, 1.807) is 6.92 Å². The maximum atomic E-state index is 11.1. The van der Waals surface area contributed by atoms with Crippen LogP contribution in [-0.2, 0) is 25.0 Å². The van der Waals surface area contributed by atoms with Crippen molar-refractivity contribution in [3.05, 3.63) is 35.9 Å². The van der Waals surface area contributed by atoms with Gasteiger partial charge < -0.3 is 9.26 Å². The van der Waals surface area contributed by atoms with Gasteiger partial charge >= 0.3 is 14.4 Å². The highest BCUT2D eigenvalue weighted by Crippen LogP contribution is 2.26. The van der Waals surface area contributed by atoms with Gasteiger partial charge in [-0.05, 0) is 12.5 Å². The topological polar surface area (TPSA) is 61.8 Å². The van der Waals surface area contributed by atoms with Crippen molar-refractivity contribution in [2.24, 2.45) is 0 Å². The molecule has 1 aromatic rings. The first-order chi connectivity index (χ1) is 7.72. The van der Waals surface area contributed by atoms with Crippen molar-refractivity contribution in [1.29, 1.82) is 0 Å². The Bertz CT molecular complexity index is 351. The minimum atomic E-state index is -2.83. The van der Waals surface area contributed by atoms with Crippen molar-refractivity contribution in [3.8, 4) is 0 Å². The van der Waals surface area contributed by atoms with E-state index in [2.05, 4.69) is 9.26 Å². The molecule has 0 radical (unpaired) electrons. The maximum Gasteiger partial charge on any atom is 0.514 e. The van der Waals surface area contributed by atoms with Gasteiger partial charge in [-0.25, -0.2) is 9.36 Å². The number of ether oxygens (including phenoxy) is 1. The summed E-state index contributed by atoms with van der Waals surface area (Å²) < 4.78 is 24.8. The first-order valence-electron chi connectivity index (χ1n) is 4.77. The van der Waals surface area contributed by atoms with Crippen LogP contribution in [0.5, 0.6) is 0 Å². The third kappa shape index (κ3) is 4.96. The quantitative estimate of drug-likeness (QED) is 0.588. The molecule has 16 heavy (non-hydrogen) atoms. The van der Waals surface area contributed by atoms with E-state index in [4.69, 9.17) is 4.52 Å². The molecule has 88 valence electrons. The Labute approximate surface area is 94.3 Å². The number of carbonyl (C=O) groups excluding carboxylic acids is 1. The lowest BCUT2D eigenvalue weighted by Gasteiger charge is -2.05. The predicted octanol–water partition coefficient (Wildman–Crippen LogP) is 2.77. The molecule has 0 spiro atoms. The molecule has 0 aliphatic carbocycles. The van der Waals surface area contributed by atoms with Crippen LogP contribution < -0.4 is 0 Å². The third-order valence-electron chi connectivity index (χ3n) is 1.63. The average Bonchev–Trinajstić information content (AvgIpc) is 2.28. The van der Waals surface area contributed by atoms with Crippen LogP contribution in [0.15, 0.2) is 30.3 Å². The molecule has 0 aliphatic rings. The van der Waals surface area contributed by atoms with Crippen molar-refractivity contribution in [2.45, 2.75) is 13.5 Å². The zero-order valence-electron chi connectivity index (χ0n) is 8.84. The minimum Gasteiger partial charge on any atom is -0.434 e. The van der Waals surface area contributed by atoms with Crippen LogP contribution >= 0.6 is 8.25 Å². The molecule has 0 aliphatic heterocycles. The van der Waals surface area contributed by atoms with Gasteiger partial charge in [-0.1, -0.05) is 30.3 Å². The van der Waals surface area contributed by atoms with E-state index in [1.807, 2.05) is 30.3 Å². The van der Waals surface area contributed by atoms with E-state index in [-0.39, 0.29) is 13.2 Å². The highest BCUT2D eigenvalue weighted by atomic mass is 31.1. The van der Waals surface area contributed by atoms with Gasteiger partial charge in [0.1, 0.15) is 0 Å². The first kappa shape index (κ1) is 12.7. The summed E-state index contributed by atoms with van der Waals surface area (Å²) in [6.45, 7) is 1.94. The zero-order valence-corrected chi connectivity index (χ0v) is 9.84. The second-order valence-electron chi connectivity index (χ2n) is 2.81. The van der Waals surface area contributed by atoms with E-state index in [0.29, 0.717) is 0 Å². The summed E-state index contributed by atoms with van der Waals surface area (Å²) in [5, 5.41) is 0. The van der Waals surface area contributed by atoms with Crippen molar-refractivity contribution in [3.63, 3.8) is 0 Å². The Hall–Kier alpha value is -1.32. The van der Waals surface area contributed by atoms with Gasteiger partial charge in [0.2, 0.25) is 0 Å². The summed E-state index contributed by atoms with van der Waals surface area (Å²) in [6.07, 6.45) is -0.973. The van der Waals surface area contributed by atoms with Crippen LogP contribution in [0.25, 0.3) is 0 Å². The molecule has 0 bridgehead atoms. The Morgan fingerprint density at radius 2 is 2.00 bits per heavy atom. The van der Waals surface area contributed by atoms with Crippen LogP contribution in [-0.4, -0.2) is 12.8 Å². The minimum absolute atomic E-state index is 0.137. The second-order valence-corrected chi connectivity index (χ2v) is 3.80.